The van der Waals surface area contributed by atoms with Gasteiger partial charge in [-0.2, -0.15) is 5.10 Å². The summed E-state index contributed by atoms with van der Waals surface area (Å²) < 4.78 is 13.4. The van der Waals surface area contributed by atoms with Crippen LogP contribution < -0.4 is 20.1 Å². The van der Waals surface area contributed by atoms with Crippen molar-refractivity contribution in [1.29, 1.82) is 0 Å². The lowest BCUT2D eigenvalue weighted by Crippen LogP contribution is -2.31. The Morgan fingerprint density at radius 2 is 2.12 bits per heavy atom. The molecule has 0 atom stereocenters. The van der Waals surface area contributed by atoms with E-state index in [0.717, 1.165) is 17.0 Å². The molecule has 0 unspecified atom stereocenters. The Hall–Kier alpha value is -3.98. The van der Waals surface area contributed by atoms with E-state index in [-0.39, 0.29) is 5.91 Å². The number of ether oxygens (including phenoxy) is 2. The van der Waals surface area contributed by atoms with Gasteiger partial charge in [0.25, 0.3) is 5.91 Å². The van der Waals surface area contributed by atoms with Gasteiger partial charge < -0.3 is 25.1 Å². The van der Waals surface area contributed by atoms with Gasteiger partial charge in [-0.3, -0.25) is 14.5 Å². The van der Waals surface area contributed by atoms with Crippen LogP contribution in [0.2, 0.25) is 5.02 Å². The standard InChI is InChI=1S/C24H23ClN6O3/c1-31-14(6-11-28-31)13-34-19-12-26-9-7-15(19)21-22(20-17(29-21)8-10-27-24(20)32)30-18-5-3-4-16(25)23(18)33-2/h3-7,9,11-12,29-30H,8,10,13H2,1-2H3,(H,27,32). The number of hydrogen-bond acceptors (Lipinski definition) is 6. The van der Waals surface area contributed by atoms with Crippen molar-refractivity contribution in [3.05, 3.63) is 70.9 Å². The zero-order valence-corrected chi connectivity index (χ0v) is 19.4. The second-order valence-electron chi connectivity index (χ2n) is 7.79. The first-order chi connectivity index (χ1) is 16.6. The SMILES string of the molecule is COc1c(Cl)cccc1Nc1c(-c2ccncc2OCc2ccnn2C)[nH]c2c1C(=O)NCC2. The number of halogens is 1. The first kappa shape index (κ1) is 21.8. The molecule has 0 saturated carbocycles. The normalized spacial score (nSPS) is 12.7. The molecule has 1 aliphatic heterocycles. The molecule has 0 bridgehead atoms. The Morgan fingerprint density at radius 1 is 1.24 bits per heavy atom. The molecule has 0 spiro atoms. The second-order valence-corrected chi connectivity index (χ2v) is 8.19. The van der Waals surface area contributed by atoms with Crippen molar-refractivity contribution in [3.63, 3.8) is 0 Å². The van der Waals surface area contributed by atoms with Crippen LogP contribution in [0.25, 0.3) is 11.3 Å². The maximum Gasteiger partial charge on any atom is 0.255 e. The molecule has 174 valence electrons. The van der Waals surface area contributed by atoms with Crippen molar-refractivity contribution in [2.75, 3.05) is 19.0 Å². The van der Waals surface area contributed by atoms with Crippen molar-refractivity contribution in [1.82, 2.24) is 25.1 Å². The molecule has 9 nitrogen and oxygen atoms in total. The molecule has 4 aromatic rings. The summed E-state index contributed by atoms with van der Waals surface area (Å²) in [7, 11) is 3.42. The van der Waals surface area contributed by atoms with Crippen LogP contribution >= 0.6 is 11.6 Å². The highest BCUT2D eigenvalue weighted by Crippen LogP contribution is 2.42. The number of pyridine rings is 1. The fraction of sp³-hybridized carbons (Fsp3) is 0.208. The molecule has 3 N–H and O–H groups in total. The maximum atomic E-state index is 12.9. The van der Waals surface area contributed by atoms with Crippen molar-refractivity contribution in [2.24, 2.45) is 7.05 Å². The molecular weight excluding hydrogens is 456 g/mol. The van der Waals surface area contributed by atoms with Gasteiger partial charge >= 0.3 is 0 Å². The molecule has 0 radical (unpaired) electrons. The number of hydrogen-bond donors (Lipinski definition) is 3. The minimum atomic E-state index is -0.154. The number of H-pyrrole nitrogens is 1. The van der Waals surface area contributed by atoms with E-state index in [1.54, 1.807) is 36.4 Å². The number of amides is 1. The van der Waals surface area contributed by atoms with Crippen molar-refractivity contribution in [3.8, 4) is 22.8 Å². The molecule has 0 saturated heterocycles. The molecule has 5 rings (SSSR count). The van der Waals surface area contributed by atoms with Gasteiger partial charge in [0, 0.05) is 43.7 Å². The maximum absolute atomic E-state index is 12.9. The zero-order chi connectivity index (χ0) is 23.7. The van der Waals surface area contributed by atoms with Gasteiger partial charge in [0.1, 0.15) is 12.4 Å². The Kier molecular flexibility index (Phi) is 5.85. The predicted octanol–water partition coefficient (Wildman–Crippen LogP) is 4.08. The van der Waals surface area contributed by atoms with Crippen LogP contribution in [0.4, 0.5) is 11.4 Å². The monoisotopic (exact) mass is 478 g/mol. The Balaban J connectivity index is 1.60. The number of aromatic amines is 1. The number of fused-ring (bicyclic) bond motifs is 1. The number of nitrogens with zero attached hydrogens (tertiary/aromatic N) is 3. The highest BCUT2D eigenvalue weighted by molar-refractivity contribution is 6.32. The van der Waals surface area contributed by atoms with Crippen LogP contribution in [-0.4, -0.2) is 39.3 Å². The number of benzene rings is 1. The van der Waals surface area contributed by atoms with E-state index >= 15 is 0 Å². The number of carbonyl (C=O) groups is 1. The minimum absolute atomic E-state index is 0.154. The van der Waals surface area contributed by atoms with Crippen molar-refractivity contribution >= 4 is 28.9 Å². The Labute approximate surface area is 201 Å². The lowest BCUT2D eigenvalue weighted by Gasteiger charge is -2.17. The zero-order valence-electron chi connectivity index (χ0n) is 18.7. The third-order valence-electron chi connectivity index (χ3n) is 5.75. The van der Waals surface area contributed by atoms with Gasteiger partial charge in [-0.25, -0.2) is 0 Å². The van der Waals surface area contributed by atoms with Crippen molar-refractivity contribution in [2.45, 2.75) is 13.0 Å². The van der Waals surface area contributed by atoms with Crippen LogP contribution in [-0.2, 0) is 20.1 Å². The summed E-state index contributed by atoms with van der Waals surface area (Å²) >= 11 is 6.34. The second kappa shape index (κ2) is 9.11. The van der Waals surface area contributed by atoms with E-state index < -0.39 is 0 Å². The van der Waals surface area contributed by atoms with Crippen LogP contribution in [0.3, 0.4) is 0 Å². The summed E-state index contributed by atoms with van der Waals surface area (Å²) in [6.07, 6.45) is 5.75. The summed E-state index contributed by atoms with van der Waals surface area (Å²) in [5.74, 6) is 0.908. The number of methoxy groups -OCH3 is 1. The first-order valence-electron chi connectivity index (χ1n) is 10.7. The number of anilines is 2. The van der Waals surface area contributed by atoms with Gasteiger partial charge in [0.15, 0.2) is 5.75 Å². The third kappa shape index (κ3) is 3.94. The summed E-state index contributed by atoms with van der Waals surface area (Å²) in [5, 5.41) is 11.0. The molecule has 0 fully saturated rings. The molecule has 1 aromatic carbocycles. The quantitative estimate of drug-likeness (QED) is 0.369. The number of aromatic nitrogens is 4. The average Bonchev–Trinajstić information content (AvgIpc) is 3.42. The van der Waals surface area contributed by atoms with E-state index in [4.69, 9.17) is 21.1 Å². The van der Waals surface area contributed by atoms with E-state index in [1.165, 1.54) is 0 Å². The summed E-state index contributed by atoms with van der Waals surface area (Å²) in [6, 6.07) is 9.17. The van der Waals surface area contributed by atoms with Gasteiger partial charge in [0.2, 0.25) is 0 Å². The average molecular weight is 479 g/mol. The fourth-order valence-electron chi connectivity index (χ4n) is 4.05. The predicted molar refractivity (Wildman–Crippen MR) is 129 cm³/mol. The number of nitrogens with one attached hydrogen (secondary N) is 3. The molecule has 3 aromatic heterocycles. The number of para-hydroxylation sites is 1. The highest BCUT2D eigenvalue weighted by atomic mass is 35.5. The van der Waals surface area contributed by atoms with Crippen LogP contribution in [0.1, 0.15) is 21.7 Å². The third-order valence-corrected chi connectivity index (χ3v) is 6.05. The van der Waals surface area contributed by atoms with E-state index in [2.05, 4.69) is 25.7 Å². The molecular formula is C24H23ClN6O3. The van der Waals surface area contributed by atoms with E-state index in [0.29, 0.717) is 58.7 Å². The molecule has 1 amide bonds. The molecule has 4 heterocycles. The molecule has 1 aliphatic rings. The van der Waals surface area contributed by atoms with Gasteiger partial charge in [-0.1, -0.05) is 17.7 Å². The fourth-order valence-corrected chi connectivity index (χ4v) is 4.30. The smallest absolute Gasteiger partial charge is 0.255 e. The van der Waals surface area contributed by atoms with Crippen LogP contribution in [0.15, 0.2) is 48.9 Å². The molecule has 0 aliphatic carbocycles. The summed E-state index contributed by atoms with van der Waals surface area (Å²) in [6.45, 7) is 0.882. The number of rotatable bonds is 7. The van der Waals surface area contributed by atoms with Gasteiger partial charge in [0.05, 0.1) is 46.7 Å². The number of carbonyl (C=O) groups excluding carboxylic acids is 1. The topological polar surface area (TPSA) is 106 Å². The number of aryl methyl sites for hydroxylation is 1. The van der Waals surface area contributed by atoms with Crippen LogP contribution in [0.5, 0.6) is 11.5 Å². The first-order valence-corrected chi connectivity index (χ1v) is 11.1. The molecule has 34 heavy (non-hydrogen) atoms. The summed E-state index contributed by atoms with van der Waals surface area (Å²) in [4.78, 5) is 20.6. The van der Waals surface area contributed by atoms with E-state index in [9.17, 15) is 4.79 Å². The van der Waals surface area contributed by atoms with Gasteiger partial charge in [-0.15, -0.1) is 0 Å². The highest BCUT2D eigenvalue weighted by Gasteiger charge is 2.28. The van der Waals surface area contributed by atoms with E-state index in [1.807, 2.05) is 31.3 Å². The largest absolute Gasteiger partial charge is 0.493 e. The van der Waals surface area contributed by atoms with Crippen LogP contribution in [0, 0.1) is 0 Å². The Bertz CT molecular complexity index is 1360. The van der Waals surface area contributed by atoms with Gasteiger partial charge in [-0.05, 0) is 24.3 Å². The lowest BCUT2D eigenvalue weighted by atomic mass is 10.0. The Morgan fingerprint density at radius 3 is 2.91 bits per heavy atom. The lowest BCUT2D eigenvalue weighted by molar-refractivity contribution is 0.0947. The van der Waals surface area contributed by atoms with Crippen molar-refractivity contribution < 1.29 is 14.3 Å². The summed E-state index contributed by atoms with van der Waals surface area (Å²) in [5.41, 5.74) is 5.05. The minimum Gasteiger partial charge on any atom is -0.493 e. The molecule has 10 heteroatoms.